The normalized spacial score (nSPS) is 16.0. The average Bonchev–Trinajstić information content (AvgIpc) is 2.44. The maximum Gasteiger partial charge on any atom is 0.0732 e. The molecule has 0 saturated carbocycles. The van der Waals surface area contributed by atoms with E-state index in [2.05, 4.69) is 50.8 Å². The first-order chi connectivity index (χ1) is 6.50. The molecule has 0 spiro atoms. The Labute approximate surface area is 87.7 Å². The van der Waals surface area contributed by atoms with Gasteiger partial charge in [0.1, 0.15) is 0 Å². The molecule has 0 saturated heterocycles. The lowest BCUT2D eigenvalue weighted by Crippen LogP contribution is -2.24. The van der Waals surface area contributed by atoms with Crippen molar-refractivity contribution < 1.29 is 0 Å². The summed E-state index contributed by atoms with van der Waals surface area (Å²) in [6, 6.07) is 8.83. The molecule has 1 aliphatic rings. The molecular formula is C13H18Si. The van der Waals surface area contributed by atoms with Gasteiger partial charge >= 0.3 is 0 Å². The molecule has 0 N–H and O–H groups in total. The Balaban J connectivity index is 2.50. The van der Waals surface area contributed by atoms with Crippen LogP contribution in [0.2, 0.25) is 19.6 Å². The third-order valence-electron chi connectivity index (χ3n) is 3.15. The summed E-state index contributed by atoms with van der Waals surface area (Å²) < 4.78 is 0. The number of rotatable bonds is 1. The van der Waals surface area contributed by atoms with Crippen LogP contribution in [0.25, 0.3) is 5.57 Å². The quantitative estimate of drug-likeness (QED) is 0.606. The molecule has 2 rings (SSSR count). The van der Waals surface area contributed by atoms with E-state index in [0.717, 1.165) is 0 Å². The van der Waals surface area contributed by atoms with E-state index < -0.39 is 8.07 Å². The summed E-state index contributed by atoms with van der Waals surface area (Å²) in [6.45, 7) is 9.62. The highest BCUT2D eigenvalue weighted by atomic mass is 28.3. The van der Waals surface area contributed by atoms with Crippen molar-refractivity contribution in [3.63, 3.8) is 0 Å². The van der Waals surface area contributed by atoms with Crippen LogP contribution in [0.1, 0.15) is 18.1 Å². The Kier molecular flexibility index (Phi) is 2.15. The Morgan fingerprint density at radius 3 is 2.29 bits per heavy atom. The minimum Gasteiger partial charge on any atom is -0.0733 e. The molecule has 74 valence electrons. The zero-order valence-corrected chi connectivity index (χ0v) is 10.5. The van der Waals surface area contributed by atoms with Crippen molar-refractivity contribution in [2.45, 2.75) is 33.0 Å². The molecule has 0 amide bonds. The van der Waals surface area contributed by atoms with Crippen LogP contribution in [0, 0.1) is 0 Å². The van der Waals surface area contributed by atoms with E-state index in [4.69, 9.17) is 0 Å². The van der Waals surface area contributed by atoms with E-state index >= 15 is 0 Å². The van der Waals surface area contributed by atoms with Gasteiger partial charge in [-0.1, -0.05) is 49.1 Å². The van der Waals surface area contributed by atoms with Crippen LogP contribution < -0.4 is 0 Å². The number of allylic oxidation sites excluding steroid dienone is 2. The smallest absolute Gasteiger partial charge is 0.0732 e. The van der Waals surface area contributed by atoms with E-state index in [-0.39, 0.29) is 0 Å². The van der Waals surface area contributed by atoms with Crippen molar-refractivity contribution in [3.8, 4) is 0 Å². The second-order valence-corrected chi connectivity index (χ2v) is 10.3. The van der Waals surface area contributed by atoms with Gasteiger partial charge in [-0.25, -0.2) is 0 Å². The zero-order valence-electron chi connectivity index (χ0n) is 9.52. The summed E-state index contributed by atoms with van der Waals surface area (Å²) >= 11 is 0. The summed E-state index contributed by atoms with van der Waals surface area (Å²) in [5.41, 5.74) is 4.58. The summed E-state index contributed by atoms with van der Waals surface area (Å²) in [7, 11) is -1.11. The molecule has 0 unspecified atom stereocenters. The maximum absolute atomic E-state index is 2.44. The summed E-state index contributed by atoms with van der Waals surface area (Å²) in [4.78, 5) is 0. The first kappa shape index (κ1) is 9.72. The number of benzene rings is 1. The molecule has 1 aromatic carbocycles. The van der Waals surface area contributed by atoms with Gasteiger partial charge in [-0.15, -0.1) is 0 Å². The van der Waals surface area contributed by atoms with Gasteiger partial charge in [0.25, 0.3) is 0 Å². The van der Waals surface area contributed by atoms with Crippen LogP contribution in [0.15, 0.2) is 29.5 Å². The van der Waals surface area contributed by atoms with Crippen molar-refractivity contribution in [3.05, 3.63) is 40.6 Å². The SMILES string of the molecule is CC1=C([Si](C)(C)C)Cc2ccccc21. The standard InChI is InChI=1S/C13H18Si/c1-10-12-8-6-5-7-11(12)9-13(10)14(2,3)4/h5-8H,9H2,1-4H3. The van der Waals surface area contributed by atoms with E-state index in [1.807, 2.05) is 0 Å². The van der Waals surface area contributed by atoms with E-state index in [1.165, 1.54) is 17.5 Å². The lowest BCUT2D eigenvalue weighted by molar-refractivity contribution is 1.26. The lowest BCUT2D eigenvalue weighted by atomic mass is 10.1. The van der Waals surface area contributed by atoms with Gasteiger partial charge in [0.05, 0.1) is 8.07 Å². The highest BCUT2D eigenvalue weighted by molar-refractivity contribution is 6.84. The Hall–Kier alpha value is -0.823. The van der Waals surface area contributed by atoms with Gasteiger partial charge < -0.3 is 0 Å². The molecule has 0 radical (unpaired) electrons. The highest BCUT2D eigenvalue weighted by Gasteiger charge is 2.27. The van der Waals surface area contributed by atoms with Crippen molar-refractivity contribution >= 4 is 13.6 Å². The van der Waals surface area contributed by atoms with Gasteiger partial charge in [0.15, 0.2) is 0 Å². The number of hydrogen-bond acceptors (Lipinski definition) is 0. The molecule has 1 aromatic rings. The molecule has 0 nitrogen and oxygen atoms in total. The van der Waals surface area contributed by atoms with Crippen LogP contribution in [-0.4, -0.2) is 8.07 Å². The fraction of sp³-hybridized carbons (Fsp3) is 0.385. The molecule has 0 heterocycles. The van der Waals surface area contributed by atoms with Crippen LogP contribution in [0.3, 0.4) is 0 Å². The van der Waals surface area contributed by atoms with Gasteiger partial charge in [-0.05, 0) is 30.0 Å². The third kappa shape index (κ3) is 1.46. The molecule has 0 bridgehead atoms. The second kappa shape index (κ2) is 3.09. The first-order valence-electron chi connectivity index (χ1n) is 5.28. The lowest BCUT2D eigenvalue weighted by Gasteiger charge is -2.19. The van der Waals surface area contributed by atoms with Gasteiger partial charge in [-0.3, -0.25) is 0 Å². The van der Waals surface area contributed by atoms with Gasteiger partial charge in [0.2, 0.25) is 0 Å². The Bertz CT molecular complexity index is 394. The third-order valence-corrected chi connectivity index (χ3v) is 5.51. The van der Waals surface area contributed by atoms with Gasteiger partial charge in [0, 0.05) is 0 Å². The van der Waals surface area contributed by atoms with Crippen molar-refractivity contribution in [1.29, 1.82) is 0 Å². The minimum atomic E-state index is -1.11. The molecule has 14 heavy (non-hydrogen) atoms. The summed E-state index contributed by atoms with van der Waals surface area (Å²) in [5, 5.41) is 1.73. The topological polar surface area (TPSA) is 0 Å². The monoisotopic (exact) mass is 202 g/mol. The fourth-order valence-corrected chi connectivity index (χ4v) is 4.33. The van der Waals surface area contributed by atoms with E-state index in [9.17, 15) is 0 Å². The maximum atomic E-state index is 2.44. The molecule has 0 aromatic heterocycles. The predicted octanol–water partition coefficient (Wildman–Crippen LogP) is 3.89. The Morgan fingerprint density at radius 2 is 1.71 bits per heavy atom. The van der Waals surface area contributed by atoms with Crippen LogP contribution in [0.5, 0.6) is 0 Å². The largest absolute Gasteiger partial charge is 0.0733 e. The van der Waals surface area contributed by atoms with E-state index in [0.29, 0.717) is 0 Å². The summed E-state index contributed by atoms with van der Waals surface area (Å²) in [6.07, 6.45) is 1.21. The zero-order chi connectivity index (χ0) is 10.3. The molecule has 0 atom stereocenters. The van der Waals surface area contributed by atoms with Crippen LogP contribution in [-0.2, 0) is 6.42 Å². The summed E-state index contributed by atoms with van der Waals surface area (Å²) in [5.74, 6) is 0. The van der Waals surface area contributed by atoms with Crippen molar-refractivity contribution in [1.82, 2.24) is 0 Å². The highest BCUT2D eigenvalue weighted by Crippen LogP contribution is 2.36. The molecule has 0 aliphatic heterocycles. The first-order valence-corrected chi connectivity index (χ1v) is 8.78. The van der Waals surface area contributed by atoms with Crippen LogP contribution >= 0.6 is 0 Å². The van der Waals surface area contributed by atoms with Crippen molar-refractivity contribution in [2.24, 2.45) is 0 Å². The Morgan fingerprint density at radius 1 is 1.07 bits per heavy atom. The second-order valence-electron chi connectivity index (χ2n) is 5.19. The van der Waals surface area contributed by atoms with Crippen molar-refractivity contribution in [2.75, 3.05) is 0 Å². The minimum absolute atomic E-state index is 1.11. The van der Waals surface area contributed by atoms with E-state index in [1.54, 1.807) is 10.8 Å². The molecule has 1 aliphatic carbocycles. The fourth-order valence-electron chi connectivity index (χ4n) is 2.35. The molecular weight excluding hydrogens is 184 g/mol. The molecule has 1 heteroatoms. The van der Waals surface area contributed by atoms with Gasteiger partial charge in [-0.2, -0.15) is 0 Å². The molecule has 0 fully saturated rings. The average molecular weight is 202 g/mol. The van der Waals surface area contributed by atoms with Crippen LogP contribution in [0.4, 0.5) is 0 Å². The predicted molar refractivity (Wildman–Crippen MR) is 66.1 cm³/mol. The number of fused-ring (bicyclic) bond motifs is 1. The number of hydrogen-bond donors (Lipinski definition) is 0.